The van der Waals surface area contributed by atoms with Gasteiger partial charge in [0.1, 0.15) is 0 Å². The van der Waals surface area contributed by atoms with Gasteiger partial charge in [0.25, 0.3) is 0 Å². The van der Waals surface area contributed by atoms with Crippen LogP contribution in [0.1, 0.15) is 37.8 Å². The van der Waals surface area contributed by atoms with Crippen LogP contribution in [-0.2, 0) is 0 Å². The molecule has 0 radical (unpaired) electrons. The van der Waals surface area contributed by atoms with E-state index < -0.39 is 0 Å². The van der Waals surface area contributed by atoms with Gasteiger partial charge in [-0.15, -0.1) is 0 Å². The summed E-state index contributed by atoms with van der Waals surface area (Å²) in [6.07, 6.45) is 3.20. The van der Waals surface area contributed by atoms with Crippen LogP contribution >= 0.6 is 11.5 Å². The van der Waals surface area contributed by atoms with Crippen molar-refractivity contribution in [2.75, 3.05) is 31.7 Å². The lowest BCUT2D eigenvalue weighted by molar-refractivity contribution is 0.294. The number of nitrogens with zero attached hydrogens (tertiary/aromatic N) is 2. The van der Waals surface area contributed by atoms with Gasteiger partial charge in [0.05, 0.1) is 29.8 Å². The van der Waals surface area contributed by atoms with Crippen LogP contribution in [0.4, 0.5) is 5.69 Å². The van der Waals surface area contributed by atoms with Gasteiger partial charge in [-0.2, -0.15) is 4.37 Å². The molecule has 1 aromatic heterocycles. The first-order valence-corrected chi connectivity index (χ1v) is 10.5. The predicted molar refractivity (Wildman–Crippen MR) is 113 cm³/mol. The monoisotopic (exact) mass is 382 g/mol. The number of ether oxygens (including phenoxy) is 2. The van der Waals surface area contributed by atoms with Gasteiger partial charge >= 0.3 is 0 Å². The zero-order chi connectivity index (χ0) is 18.6. The lowest BCUT2D eigenvalue weighted by Crippen LogP contribution is -2.33. The number of aromatic nitrogens is 1. The summed E-state index contributed by atoms with van der Waals surface area (Å²) in [5.41, 5.74) is 2.41. The fourth-order valence-corrected chi connectivity index (χ4v) is 4.73. The fraction of sp³-hybridized carbons (Fsp3) is 0.409. The van der Waals surface area contributed by atoms with Crippen LogP contribution in [0.5, 0.6) is 11.5 Å². The van der Waals surface area contributed by atoms with Crippen molar-refractivity contribution in [3.63, 3.8) is 0 Å². The molecular formula is C22H26N2O2S. The van der Waals surface area contributed by atoms with Crippen molar-refractivity contribution in [1.82, 2.24) is 4.37 Å². The van der Waals surface area contributed by atoms with E-state index in [1.54, 1.807) is 18.6 Å². The SMILES string of the molecule is CCCOc1cccc(N2CCC(c3nsc4ccccc34)CC2)c1OC. The number of anilines is 1. The lowest BCUT2D eigenvalue weighted by Gasteiger charge is -2.34. The van der Waals surface area contributed by atoms with Crippen molar-refractivity contribution < 1.29 is 9.47 Å². The molecule has 1 aliphatic rings. The molecule has 1 aliphatic heterocycles. The molecule has 0 N–H and O–H groups in total. The summed E-state index contributed by atoms with van der Waals surface area (Å²) in [6.45, 7) is 4.83. The summed E-state index contributed by atoms with van der Waals surface area (Å²) < 4.78 is 17.6. The first-order valence-electron chi connectivity index (χ1n) is 9.71. The third-order valence-corrected chi connectivity index (χ3v) is 6.09. The minimum Gasteiger partial charge on any atom is -0.491 e. The number of hydrogen-bond donors (Lipinski definition) is 0. The predicted octanol–water partition coefficient (Wildman–Crippen LogP) is 5.48. The van der Waals surface area contributed by atoms with Crippen LogP contribution in [0.2, 0.25) is 0 Å². The van der Waals surface area contributed by atoms with Crippen molar-refractivity contribution in [2.45, 2.75) is 32.1 Å². The van der Waals surface area contributed by atoms with E-state index in [0.717, 1.165) is 49.5 Å². The Hall–Kier alpha value is -2.27. The Morgan fingerprint density at radius 1 is 1.11 bits per heavy atom. The Balaban J connectivity index is 1.51. The van der Waals surface area contributed by atoms with E-state index in [0.29, 0.717) is 12.5 Å². The smallest absolute Gasteiger partial charge is 0.184 e. The van der Waals surface area contributed by atoms with Crippen LogP contribution in [0.25, 0.3) is 10.1 Å². The molecule has 0 aliphatic carbocycles. The van der Waals surface area contributed by atoms with Crippen molar-refractivity contribution in [1.29, 1.82) is 0 Å². The average Bonchev–Trinajstić information content (AvgIpc) is 3.16. The van der Waals surface area contributed by atoms with Gasteiger partial charge < -0.3 is 14.4 Å². The first-order chi connectivity index (χ1) is 13.3. The molecule has 3 aromatic rings. The number of para-hydroxylation sites is 1. The molecular weight excluding hydrogens is 356 g/mol. The van der Waals surface area contributed by atoms with Crippen LogP contribution in [0.15, 0.2) is 42.5 Å². The summed E-state index contributed by atoms with van der Waals surface area (Å²) >= 11 is 1.62. The van der Waals surface area contributed by atoms with Crippen molar-refractivity contribution >= 4 is 27.3 Å². The first kappa shape index (κ1) is 18.1. The second kappa shape index (κ2) is 8.17. The maximum atomic E-state index is 5.88. The van der Waals surface area contributed by atoms with E-state index in [4.69, 9.17) is 13.8 Å². The number of rotatable bonds is 6. The Labute approximate surface area is 164 Å². The summed E-state index contributed by atoms with van der Waals surface area (Å²) in [5.74, 6) is 2.22. The second-order valence-electron chi connectivity index (χ2n) is 6.98. The third-order valence-electron chi connectivity index (χ3n) is 5.25. The maximum absolute atomic E-state index is 5.88. The second-order valence-corrected chi connectivity index (χ2v) is 7.79. The number of fused-ring (bicyclic) bond motifs is 1. The van der Waals surface area contributed by atoms with Crippen molar-refractivity contribution in [3.05, 3.63) is 48.2 Å². The van der Waals surface area contributed by atoms with Gasteiger partial charge in [-0.3, -0.25) is 0 Å². The molecule has 142 valence electrons. The Morgan fingerprint density at radius 2 is 1.93 bits per heavy atom. The summed E-state index contributed by atoms with van der Waals surface area (Å²) in [5, 5.41) is 1.33. The Kier molecular flexibility index (Phi) is 5.48. The van der Waals surface area contributed by atoms with Crippen molar-refractivity contribution in [2.24, 2.45) is 0 Å². The minimum absolute atomic E-state index is 0.530. The molecule has 4 nitrogen and oxygen atoms in total. The molecule has 0 unspecified atom stereocenters. The molecule has 1 saturated heterocycles. The summed E-state index contributed by atoms with van der Waals surface area (Å²) in [4.78, 5) is 2.42. The molecule has 0 bridgehead atoms. The number of benzene rings is 2. The van der Waals surface area contributed by atoms with E-state index >= 15 is 0 Å². The van der Waals surface area contributed by atoms with Crippen LogP contribution in [0, 0.1) is 0 Å². The van der Waals surface area contributed by atoms with Crippen molar-refractivity contribution in [3.8, 4) is 11.5 Å². The lowest BCUT2D eigenvalue weighted by atomic mass is 9.91. The normalized spacial score (nSPS) is 15.3. The largest absolute Gasteiger partial charge is 0.491 e. The molecule has 27 heavy (non-hydrogen) atoms. The zero-order valence-electron chi connectivity index (χ0n) is 16.0. The summed E-state index contributed by atoms with van der Waals surface area (Å²) in [6, 6.07) is 14.8. The Morgan fingerprint density at radius 3 is 2.70 bits per heavy atom. The van der Waals surface area contributed by atoms with Crippen LogP contribution in [0.3, 0.4) is 0 Å². The fourth-order valence-electron chi connectivity index (χ4n) is 3.88. The maximum Gasteiger partial charge on any atom is 0.184 e. The molecule has 0 spiro atoms. The van der Waals surface area contributed by atoms with E-state index in [2.05, 4.69) is 48.2 Å². The standard InChI is InChI=1S/C22H26N2O2S/c1-3-15-26-19-9-6-8-18(22(19)25-2)24-13-11-16(12-14-24)21-17-7-4-5-10-20(17)27-23-21/h4-10,16H,3,11-15H2,1-2H3. The van der Waals surface area contributed by atoms with E-state index in [1.807, 2.05) is 6.07 Å². The Bertz CT molecular complexity index is 900. The number of piperidine rings is 1. The highest BCUT2D eigenvalue weighted by molar-refractivity contribution is 7.13. The highest BCUT2D eigenvalue weighted by Crippen LogP contribution is 2.41. The zero-order valence-corrected chi connectivity index (χ0v) is 16.8. The van der Waals surface area contributed by atoms with Gasteiger partial charge in [0, 0.05) is 24.4 Å². The molecule has 2 aromatic carbocycles. The van der Waals surface area contributed by atoms with Gasteiger partial charge in [-0.1, -0.05) is 31.2 Å². The van der Waals surface area contributed by atoms with Gasteiger partial charge in [0.15, 0.2) is 11.5 Å². The topological polar surface area (TPSA) is 34.6 Å². The molecule has 0 saturated carbocycles. The average molecular weight is 383 g/mol. The highest BCUT2D eigenvalue weighted by Gasteiger charge is 2.26. The number of hydrogen-bond acceptors (Lipinski definition) is 5. The summed E-state index contributed by atoms with van der Waals surface area (Å²) in [7, 11) is 1.73. The minimum atomic E-state index is 0.530. The third kappa shape index (κ3) is 3.61. The number of methoxy groups -OCH3 is 1. The van der Waals surface area contributed by atoms with Gasteiger partial charge in [-0.25, -0.2) is 0 Å². The molecule has 5 heteroatoms. The quantitative estimate of drug-likeness (QED) is 0.565. The highest BCUT2D eigenvalue weighted by atomic mass is 32.1. The van der Waals surface area contributed by atoms with Crippen LogP contribution < -0.4 is 14.4 Å². The molecule has 1 fully saturated rings. The van der Waals surface area contributed by atoms with Crippen LogP contribution in [-0.4, -0.2) is 31.2 Å². The van der Waals surface area contributed by atoms with E-state index in [9.17, 15) is 0 Å². The molecule has 0 atom stereocenters. The van der Waals surface area contributed by atoms with Gasteiger partial charge in [-0.05, 0) is 49.0 Å². The van der Waals surface area contributed by atoms with Gasteiger partial charge in [0.2, 0.25) is 0 Å². The molecule has 2 heterocycles. The molecule has 0 amide bonds. The van der Waals surface area contributed by atoms with E-state index in [-0.39, 0.29) is 0 Å². The van der Waals surface area contributed by atoms with E-state index in [1.165, 1.54) is 15.8 Å². The molecule has 4 rings (SSSR count).